The number of benzene rings is 2. The van der Waals surface area contributed by atoms with Crippen molar-refractivity contribution in [3.05, 3.63) is 71.0 Å². The van der Waals surface area contributed by atoms with Crippen LogP contribution in [0.15, 0.2) is 48.5 Å². The van der Waals surface area contributed by atoms with Crippen LogP contribution >= 0.6 is 0 Å². The molecule has 0 bridgehead atoms. The van der Waals surface area contributed by atoms with Crippen LogP contribution in [0.25, 0.3) is 0 Å². The van der Waals surface area contributed by atoms with Gasteiger partial charge in [0.25, 0.3) is 11.8 Å². The number of carbonyl (C=O) groups is 2. The molecule has 0 fully saturated rings. The van der Waals surface area contributed by atoms with Gasteiger partial charge in [-0.3, -0.25) is 9.59 Å². The molecule has 0 heterocycles. The van der Waals surface area contributed by atoms with Crippen LogP contribution in [0.3, 0.4) is 0 Å². The molecule has 2 aromatic rings. The van der Waals surface area contributed by atoms with E-state index < -0.39 is 0 Å². The quantitative estimate of drug-likeness (QED) is 0.673. The molecule has 0 saturated heterocycles. The molecule has 5 heteroatoms. The largest absolute Gasteiger partial charge is 0.352 e. The van der Waals surface area contributed by atoms with Gasteiger partial charge < -0.3 is 10.6 Å². The van der Waals surface area contributed by atoms with Crippen molar-refractivity contribution in [1.82, 2.24) is 10.6 Å². The molecule has 0 aliphatic heterocycles. The van der Waals surface area contributed by atoms with E-state index in [-0.39, 0.29) is 17.6 Å². The second kappa shape index (κ2) is 10.3. The summed E-state index contributed by atoms with van der Waals surface area (Å²) in [6, 6.07) is 13.0. The smallest absolute Gasteiger partial charge is 0.251 e. The second-order valence-electron chi connectivity index (χ2n) is 6.14. The Morgan fingerprint density at radius 3 is 2.00 bits per heavy atom. The van der Waals surface area contributed by atoms with Gasteiger partial charge in [0.1, 0.15) is 5.82 Å². The lowest BCUT2D eigenvalue weighted by atomic mass is 10.1. The number of carbonyl (C=O) groups excluding carboxylic acids is 2. The predicted molar refractivity (Wildman–Crippen MR) is 101 cm³/mol. The lowest BCUT2D eigenvalue weighted by Gasteiger charge is -2.08. The van der Waals surface area contributed by atoms with Crippen LogP contribution < -0.4 is 10.6 Å². The zero-order valence-corrected chi connectivity index (χ0v) is 15.1. The van der Waals surface area contributed by atoms with Crippen molar-refractivity contribution in [2.24, 2.45) is 0 Å². The number of hydrogen-bond acceptors (Lipinski definition) is 2. The van der Waals surface area contributed by atoms with Gasteiger partial charge in [-0.25, -0.2) is 4.39 Å². The highest BCUT2D eigenvalue weighted by Crippen LogP contribution is 2.07. The Morgan fingerprint density at radius 2 is 1.42 bits per heavy atom. The van der Waals surface area contributed by atoms with Crippen LogP contribution in [0, 0.1) is 5.82 Å². The molecule has 0 atom stereocenters. The highest BCUT2D eigenvalue weighted by Gasteiger charge is 2.09. The predicted octanol–water partition coefficient (Wildman–Crippen LogP) is 3.72. The van der Waals surface area contributed by atoms with E-state index in [4.69, 9.17) is 0 Å². The molecule has 138 valence electrons. The van der Waals surface area contributed by atoms with Gasteiger partial charge in [0.15, 0.2) is 0 Å². The maximum atomic E-state index is 13.5. The molecule has 0 spiro atoms. The summed E-state index contributed by atoms with van der Waals surface area (Å²) in [5.74, 6) is -0.639. The summed E-state index contributed by atoms with van der Waals surface area (Å²) in [5, 5.41) is 5.63. The van der Waals surface area contributed by atoms with E-state index >= 15 is 0 Å². The Labute approximate surface area is 153 Å². The number of nitrogens with one attached hydrogen (secondary N) is 2. The molecule has 0 radical (unpaired) electrons. The van der Waals surface area contributed by atoms with Gasteiger partial charge in [0.2, 0.25) is 0 Å². The molecule has 2 aromatic carbocycles. The van der Waals surface area contributed by atoms with E-state index in [1.54, 1.807) is 42.5 Å². The van der Waals surface area contributed by atoms with Crippen LogP contribution in [0.4, 0.5) is 4.39 Å². The van der Waals surface area contributed by atoms with Gasteiger partial charge in [-0.15, -0.1) is 0 Å². The number of unbranched alkanes of at least 4 members (excludes halogenated alkanes) is 2. The van der Waals surface area contributed by atoms with Gasteiger partial charge in [-0.2, -0.15) is 0 Å². The minimum absolute atomic E-state index is 0.132. The first-order chi connectivity index (χ1) is 12.6. The van der Waals surface area contributed by atoms with E-state index in [9.17, 15) is 14.0 Å². The SMILES string of the molecule is CCCCCNC(=O)c1ccc(C(=O)NCCc2ccccc2F)cc1. The summed E-state index contributed by atoms with van der Waals surface area (Å²) in [5.41, 5.74) is 1.58. The van der Waals surface area contributed by atoms with Crippen LogP contribution in [-0.2, 0) is 6.42 Å². The Balaban J connectivity index is 1.80. The standard InChI is InChI=1S/C21H25FN2O2/c1-2-3-6-14-23-20(25)17-9-11-18(12-10-17)21(26)24-15-13-16-7-4-5-8-19(16)22/h4-5,7-12H,2-3,6,13-15H2,1H3,(H,23,25)(H,24,26). The van der Waals surface area contributed by atoms with Crippen LogP contribution in [-0.4, -0.2) is 24.9 Å². The third kappa shape index (κ3) is 5.99. The minimum atomic E-state index is -0.268. The van der Waals surface area contributed by atoms with Gasteiger partial charge in [0.05, 0.1) is 0 Å². The molecule has 4 nitrogen and oxygen atoms in total. The fourth-order valence-corrected chi connectivity index (χ4v) is 2.57. The van der Waals surface area contributed by atoms with Crippen LogP contribution in [0.5, 0.6) is 0 Å². The molecule has 0 aliphatic rings. The topological polar surface area (TPSA) is 58.2 Å². The Hall–Kier alpha value is -2.69. The lowest BCUT2D eigenvalue weighted by Crippen LogP contribution is -2.26. The molecule has 0 aliphatic carbocycles. The highest BCUT2D eigenvalue weighted by molar-refractivity contribution is 5.97. The van der Waals surface area contributed by atoms with Crippen molar-refractivity contribution < 1.29 is 14.0 Å². The summed E-state index contributed by atoms with van der Waals surface area (Å²) in [6.45, 7) is 3.12. The summed E-state index contributed by atoms with van der Waals surface area (Å²) in [6.07, 6.45) is 3.59. The number of halogens is 1. The molecule has 26 heavy (non-hydrogen) atoms. The first-order valence-electron chi connectivity index (χ1n) is 9.01. The van der Waals surface area contributed by atoms with E-state index in [1.807, 2.05) is 0 Å². The molecule has 0 saturated carbocycles. The van der Waals surface area contributed by atoms with E-state index in [0.717, 1.165) is 19.3 Å². The maximum absolute atomic E-state index is 13.5. The van der Waals surface area contributed by atoms with Crippen molar-refractivity contribution in [3.8, 4) is 0 Å². The lowest BCUT2D eigenvalue weighted by molar-refractivity contribution is 0.0941. The van der Waals surface area contributed by atoms with Crippen molar-refractivity contribution in [2.45, 2.75) is 32.6 Å². The third-order valence-corrected chi connectivity index (χ3v) is 4.11. The summed E-state index contributed by atoms with van der Waals surface area (Å²) in [7, 11) is 0. The van der Waals surface area contributed by atoms with Gasteiger partial charge in [-0.05, 0) is 48.7 Å². The molecular formula is C21H25FN2O2. The van der Waals surface area contributed by atoms with E-state index in [0.29, 0.717) is 36.2 Å². The van der Waals surface area contributed by atoms with E-state index in [2.05, 4.69) is 17.6 Å². The highest BCUT2D eigenvalue weighted by atomic mass is 19.1. The molecular weight excluding hydrogens is 331 g/mol. The fraction of sp³-hybridized carbons (Fsp3) is 0.333. The Bertz CT molecular complexity index is 729. The molecule has 2 N–H and O–H groups in total. The van der Waals surface area contributed by atoms with Crippen LogP contribution in [0.2, 0.25) is 0 Å². The first kappa shape index (κ1) is 19.6. The maximum Gasteiger partial charge on any atom is 0.251 e. The monoisotopic (exact) mass is 356 g/mol. The summed E-state index contributed by atoms with van der Waals surface area (Å²) >= 11 is 0. The summed E-state index contributed by atoms with van der Waals surface area (Å²) in [4.78, 5) is 24.1. The Kier molecular flexibility index (Phi) is 7.80. The number of amides is 2. The zero-order chi connectivity index (χ0) is 18.8. The fourth-order valence-electron chi connectivity index (χ4n) is 2.57. The number of rotatable bonds is 9. The Morgan fingerprint density at radius 1 is 0.846 bits per heavy atom. The average molecular weight is 356 g/mol. The molecule has 0 unspecified atom stereocenters. The molecule has 2 rings (SSSR count). The van der Waals surface area contributed by atoms with Gasteiger partial charge in [0, 0.05) is 24.2 Å². The van der Waals surface area contributed by atoms with Crippen molar-refractivity contribution in [3.63, 3.8) is 0 Å². The van der Waals surface area contributed by atoms with Gasteiger partial charge in [-0.1, -0.05) is 38.0 Å². The molecule has 0 aromatic heterocycles. The summed E-state index contributed by atoms with van der Waals surface area (Å²) < 4.78 is 13.5. The average Bonchev–Trinajstić information content (AvgIpc) is 2.66. The number of hydrogen-bond donors (Lipinski definition) is 2. The third-order valence-electron chi connectivity index (χ3n) is 4.11. The molecule has 2 amide bonds. The second-order valence-corrected chi connectivity index (χ2v) is 6.14. The zero-order valence-electron chi connectivity index (χ0n) is 15.1. The van der Waals surface area contributed by atoms with Gasteiger partial charge >= 0.3 is 0 Å². The van der Waals surface area contributed by atoms with Crippen LogP contribution in [0.1, 0.15) is 52.5 Å². The van der Waals surface area contributed by atoms with Crippen molar-refractivity contribution in [2.75, 3.05) is 13.1 Å². The van der Waals surface area contributed by atoms with Crippen molar-refractivity contribution >= 4 is 11.8 Å². The van der Waals surface area contributed by atoms with Crippen molar-refractivity contribution in [1.29, 1.82) is 0 Å². The van der Waals surface area contributed by atoms with E-state index in [1.165, 1.54) is 6.07 Å². The first-order valence-corrected chi connectivity index (χ1v) is 9.01. The normalized spacial score (nSPS) is 10.4. The minimum Gasteiger partial charge on any atom is -0.352 e.